The minimum Gasteiger partial charge on any atom is -0.383 e. The topological polar surface area (TPSA) is 75.7 Å². The summed E-state index contributed by atoms with van der Waals surface area (Å²) in [7, 11) is 1.69. The van der Waals surface area contributed by atoms with Gasteiger partial charge in [-0.2, -0.15) is 0 Å². The van der Waals surface area contributed by atoms with Crippen molar-refractivity contribution < 1.29 is 4.74 Å². The van der Waals surface area contributed by atoms with Crippen LogP contribution in [0.25, 0.3) is 22.4 Å². The molecule has 0 fully saturated rings. The van der Waals surface area contributed by atoms with E-state index >= 15 is 0 Å². The molecule has 2 N–H and O–H groups in total. The number of fused-ring (bicyclic) bond motifs is 1. The molecule has 0 saturated heterocycles. The Morgan fingerprint density at radius 1 is 1.14 bits per heavy atom. The van der Waals surface area contributed by atoms with Gasteiger partial charge in [0.15, 0.2) is 0 Å². The average molecular weight is 283 g/mol. The number of imidazole rings is 1. The quantitative estimate of drug-likeness (QED) is 0.674. The van der Waals surface area contributed by atoms with E-state index in [1.54, 1.807) is 19.5 Å². The summed E-state index contributed by atoms with van der Waals surface area (Å²) in [5.74, 6) is 0.839. The third kappa shape index (κ3) is 3.24. The maximum absolute atomic E-state index is 4.99. The lowest BCUT2D eigenvalue weighted by Crippen LogP contribution is -2.18. The van der Waals surface area contributed by atoms with Crippen molar-refractivity contribution in [1.82, 2.24) is 25.3 Å². The van der Waals surface area contributed by atoms with Gasteiger partial charge in [-0.3, -0.25) is 9.97 Å². The molecule has 3 aromatic rings. The van der Waals surface area contributed by atoms with Gasteiger partial charge in [0.1, 0.15) is 5.82 Å². The molecule has 0 aliphatic rings. The Labute approximate surface area is 122 Å². The van der Waals surface area contributed by atoms with Crippen molar-refractivity contribution in [2.24, 2.45) is 0 Å². The third-order valence-corrected chi connectivity index (χ3v) is 3.17. The van der Waals surface area contributed by atoms with Crippen molar-refractivity contribution in [3.8, 4) is 11.4 Å². The van der Waals surface area contributed by atoms with Crippen molar-refractivity contribution >= 4 is 11.0 Å². The molecule has 21 heavy (non-hydrogen) atoms. The number of aromatic nitrogens is 4. The summed E-state index contributed by atoms with van der Waals surface area (Å²) in [6.45, 7) is 2.25. The average Bonchev–Trinajstić information content (AvgIpc) is 3.00. The van der Waals surface area contributed by atoms with Crippen LogP contribution in [0.2, 0.25) is 0 Å². The van der Waals surface area contributed by atoms with Crippen LogP contribution < -0.4 is 5.32 Å². The van der Waals surface area contributed by atoms with Crippen LogP contribution in [0.1, 0.15) is 5.69 Å². The van der Waals surface area contributed by atoms with Gasteiger partial charge in [0.05, 0.1) is 17.6 Å². The molecule has 0 amide bonds. The zero-order valence-corrected chi connectivity index (χ0v) is 11.8. The highest BCUT2D eigenvalue weighted by molar-refractivity contribution is 5.79. The van der Waals surface area contributed by atoms with Gasteiger partial charge in [0.2, 0.25) is 0 Å². The van der Waals surface area contributed by atoms with E-state index < -0.39 is 0 Å². The summed E-state index contributed by atoms with van der Waals surface area (Å²) < 4.78 is 4.99. The lowest BCUT2D eigenvalue weighted by Gasteiger charge is -2.02. The van der Waals surface area contributed by atoms with E-state index in [2.05, 4.69) is 25.3 Å². The van der Waals surface area contributed by atoms with Crippen LogP contribution in [0.15, 0.2) is 36.8 Å². The molecule has 0 aliphatic heterocycles. The number of ether oxygens (including phenoxy) is 1. The molecule has 0 radical (unpaired) electrons. The Kier molecular flexibility index (Phi) is 4.18. The lowest BCUT2D eigenvalue weighted by molar-refractivity contribution is 0.199. The molecule has 2 heterocycles. The van der Waals surface area contributed by atoms with Crippen LogP contribution in [0.4, 0.5) is 0 Å². The van der Waals surface area contributed by atoms with Crippen molar-refractivity contribution in [3.63, 3.8) is 0 Å². The van der Waals surface area contributed by atoms with Gasteiger partial charge in [-0.05, 0) is 18.2 Å². The summed E-state index contributed by atoms with van der Waals surface area (Å²) >= 11 is 0. The van der Waals surface area contributed by atoms with Crippen molar-refractivity contribution in [2.45, 2.75) is 6.54 Å². The summed E-state index contributed by atoms with van der Waals surface area (Å²) in [5.41, 5.74) is 3.80. The molecule has 0 spiro atoms. The smallest absolute Gasteiger partial charge is 0.137 e. The molecule has 0 unspecified atom stereocenters. The normalized spacial score (nSPS) is 11.1. The van der Waals surface area contributed by atoms with Gasteiger partial charge in [0, 0.05) is 50.0 Å². The number of hydrogen-bond donors (Lipinski definition) is 2. The Balaban J connectivity index is 1.75. The first-order valence-electron chi connectivity index (χ1n) is 6.81. The minimum atomic E-state index is 0.699. The molecule has 6 nitrogen and oxygen atoms in total. The van der Waals surface area contributed by atoms with E-state index in [1.165, 1.54) is 0 Å². The summed E-state index contributed by atoms with van der Waals surface area (Å²) in [4.78, 5) is 16.3. The third-order valence-electron chi connectivity index (χ3n) is 3.17. The first-order valence-corrected chi connectivity index (χ1v) is 6.81. The highest BCUT2D eigenvalue weighted by atomic mass is 16.5. The number of nitrogens with zero attached hydrogens (tertiary/aromatic N) is 3. The Bertz CT molecular complexity index is 725. The fourth-order valence-electron chi connectivity index (χ4n) is 2.10. The maximum Gasteiger partial charge on any atom is 0.137 e. The molecular weight excluding hydrogens is 266 g/mol. The molecule has 0 saturated carbocycles. The minimum absolute atomic E-state index is 0.699. The zero-order valence-electron chi connectivity index (χ0n) is 11.8. The second kappa shape index (κ2) is 6.43. The fraction of sp³-hybridized carbons (Fsp3) is 0.267. The highest BCUT2D eigenvalue weighted by Gasteiger charge is 2.05. The van der Waals surface area contributed by atoms with Crippen LogP contribution in [0.3, 0.4) is 0 Å². The van der Waals surface area contributed by atoms with Gasteiger partial charge in [-0.1, -0.05) is 0 Å². The number of nitrogens with one attached hydrogen (secondary N) is 2. The molecular formula is C15H17N5O. The van der Waals surface area contributed by atoms with E-state index in [1.807, 2.05) is 24.4 Å². The molecule has 0 aliphatic carbocycles. The number of H-pyrrole nitrogens is 1. The SMILES string of the molecule is COCCNCc1cnc(-c2ccc3nccnc3c2)[nH]1. The predicted octanol–water partition coefficient (Wildman–Crippen LogP) is 1.76. The van der Waals surface area contributed by atoms with Crippen LogP contribution in [-0.2, 0) is 11.3 Å². The molecule has 1 aromatic carbocycles. The first-order chi connectivity index (χ1) is 10.4. The van der Waals surface area contributed by atoms with Crippen LogP contribution >= 0.6 is 0 Å². The predicted molar refractivity (Wildman–Crippen MR) is 80.7 cm³/mol. The first kappa shape index (κ1) is 13.7. The monoisotopic (exact) mass is 283 g/mol. The van der Waals surface area contributed by atoms with Crippen molar-refractivity contribution in [1.29, 1.82) is 0 Å². The van der Waals surface area contributed by atoms with Gasteiger partial charge >= 0.3 is 0 Å². The molecule has 3 rings (SSSR count). The van der Waals surface area contributed by atoms with E-state index in [-0.39, 0.29) is 0 Å². The summed E-state index contributed by atoms with van der Waals surface area (Å²) in [6, 6.07) is 5.94. The van der Waals surface area contributed by atoms with Gasteiger partial charge in [0.25, 0.3) is 0 Å². The Morgan fingerprint density at radius 2 is 2.00 bits per heavy atom. The molecule has 108 valence electrons. The Morgan fingerprint density at radius 3 is 2.86 bits per heavy atom. The molecule has 2 aromatic heterocycles. The fourth-order valence-corrected chi connectivity index (χ4v) is 2.10. The molecule has 0 atom stereocenters. The second-order valence-corrected chi connectivity index (χ2v) is 4.69. The largest absolute Gasteiger partial charge is 0.383 e. The van der Waals surface area contributed by atoms with Gasteiger partial charge in [-0.25, -0.2) is 4.98 Å². The number of aromatic amines is 1. The van der Waals surface area contributed by atoms with Crippen molar-refractivity contribution in [2.75, 3.05) is 20.3 Å². The number of benzene rings is 1. The van der Waals surface area contributed by atoms with E-state index in [4.69, 9.17) is 4.74 Å². The summed E-state index contributed by atoms with van der Waals surface area (Å²) in [5, 5.41) is 3.28. The lowest BCUT2D eigenvalue weighted by atomic mass is 10.2. The van der Waals surface area contributed by atoms with E-state index in [0.717, 1.165) is 41.2 Å². The van der Waals surface area contributed by atoms with Gasteiger partial charge in [-0.15, -0.1) is 0 Å². The van der Waals surface area contributed by atoms with Crippen LogP contribution in [0.5, 0.6) is 0 Å². The van der Waals surface area contributed by atoms with E-state index in [9.17, 15) is 0 Å². The number of rotatable bonds is 6. The molecule has 6 heteroatoms. The molecule has 0 bridgehead atoms. The Hall–Kier alpha value is -2.31. The van der Waals surface area contributed by atoms with E-state index in [0.29, 0.717) is 6.61 Å². The van der Waals surface area contributed by atoms with Crippen LogP contribution in [-0.4, -0.2) is 40.2 Å². The van der Waals surface area contributed by atoms with Gasteiger partial charge < -0.3 is 15.0 Å². The number of methoxy groups -OCH3 is 1. The maximum atomic E-state index is 4.99. The number of hydrogen-bond acceptors (Lipinski definition) is 5. The van der Waals surface area contributed by atoms with Crippen molar-refractivity contribution in [3.05, 3.63) is 42.5 Å². The summed E-state index contributed by atoms with van der Waals surface area (Å²) in [6.07, 6.45) is 5.23. The highest BCUT2D eigenvalue weighted by Crippen LogP contribution is 2.19. The zero-order chi connectivity index (χ0) is 14.5. The standard InChI is InChI=1S/C15H17N5O/c1-21-7-6-16-9-12-10-19-15(20-12)11-2-3-13-14(8-11)18-5-4-17-13/h2-5,8,10,16H,6-7,9H2,1H3,(H,19,20). The van der Waals surface area contributed by atoms with Crippen LogP contribution in [0, 0.1) is 0 Å². The second-order valence-electron chi connectivity index (χ2n) is 4.69.